The topological polar surface area (TPSA) is 55.1 Å². The number of aromatic nitrogens is 4. The van der Waals surface area contributed by atoms with Gasteiger partial charge >= 0.3 is 6.18 Å². The van der Waals surface area contributed by atoms with Crippen molar-refractivity contribution in [2.45, 2.75) is 26.1 Å². The van der Waals surface area contributed by atoms with Gasteiger partial charge in [-0.1, -0.05) is 6.92 Å². The Morgan fingerprint density at radius 2 is 2.10 bits per heavy atom. The second-order valence-electron chi connectivity index (χ2n) is 4.21. The highest BCUT2D eigenvalue weighted by Gasteiger charge is 2.37. The Kier molecular flexibility index (Phi) is 4.36. The molecule has 0 fully saturated rings. The first-order chi connectivity index (χ1) is 9.41. The lowest BCUT2D eigenvalue weighted by Crippen LogP contribution is -2.20. The molecule has 0 bridgehead atoms. The van der Waals surface area contributed by atoms with Crippen molar-refractivity contribution in [3.05, 3.63) is 18.0 Å². The van der Waals surface area contributed by atoms with Crippen molar-refractivity contribution in [1.29, 1.82) is 0 Å². The predicted octanol–water partition coefficient (Wildman–Crippen LogP) is 2.70. The maximum atomic E-state index is 12.7. The van der Waals surface area contributed by atoms with E-state index in [1.54, 1.807) is 17.8 Å². The SMILES string of the molecule is CCSCC(C)Nc1ccc2nnc(C(F)(F)F)n2n1. The second kappa shape index (κ2) is 5.86. The first-order valence-corrected chi connectivity index (χ1v) is 7.21. The Balaban J connectivity index is 2.24. The highest BCUT2D eigenvalue weighted by molar-refractivity contribution is 7.99. The minimum atomic E-state index is -4.57. The van der Waals surface area contributed by atoms with Crippen LogP contribution in [0.25, 0.3) is 5.65 Å². The molecule has 2 heterocycles. The number of halogens is 3. The normalized spacial score (nSPS) is 13.7. The summed E-state index contributed by atoms with van der Waals surface area (Å²) in [7, 11) is 0. The molecule has 0 saturated carbocycles. The van der Waals surface area contributed by atoms with Gasteiger partial charge in [-0.05, 0) is 24.8 Å². The molecule has 0 aliphatic rings. The fourth-order valence-corrected chi connectivity index (χ4v) is 2.30. The van der Waals surface area contributed by atoms with Crippen molar-refractivity contribution in [2.75, 3.05) is 16.8 Å². The van der Waals surface area contributed by atoms with Gasteiger partial charge in [0.1, 0.15) is 5.82 Å². The van der Waals surface area contributed by atoms with Crippen molar-refractivity contribution in [1.82, 2.24) is 19.8 Å². The molecule has 110 valence electrons. The quantitative estimate of drug-likeness (QED) is 0.920. The summed E-state index contributed by atoms with van der Waals surface area (Å²) in [6.07, 6.45) is -4.57. The lowest BCUT2D eigenvalue weighted by molar-refractivity contribution is -0.146. The van der Waals surface area contributed by atoms with Gasteiger partial charge in [0.15, 0.2) is 5.65 Å². The van der Waals surface area contributed by atoms with E-state index in [1.165, 1.54) is 6.07 Å². The third-order valence-electron chi connectivity index (χ3n) is 2.48. The van der Waals surface area contributed by atoms with Gasteiger partial charge in [0.2, 0.25) is 0 Å². The Morgan fingerprint density at radius 3 is 2.75 bits per heavy atom. The summed E-state index contributed by atoms with van der Waals surface area (Å²) >= 11 is 1.75. The summed E-state index contributed by atoms with van der Waals surface area (Å²) in [5.41, 5.74) is 0.0680. The lowest BCUT2D eigenvalue weighted by Gasteiger charge is -2.13. The molecule has 1 unspecified atom stereocenters. The molecule has 1 N–H and O–H groups in total. The Labute approximate surface area is 118 Å². The van der Waals surface area contributed by atoms with E-state index >= 15 is 0 Å². The maximum Gasteiger partial charge on any atom is 0.453 e. The molecule has 5 nitrogen and oxygen atoms in total. The van der Waals surface area contributed by atoms with Crippen molar-refractivity contribution in [2.24, 2.45) is 0 Å². The predicted molar refractivity (Wildman–Crippen MR) is 71.9 cm³/mol. The van der Waals surface area contributed by atoms with Crippen LogP contribution in [0.3, 0.4) is 0 Å². The molecule has 1 atom stereocenters. The summed E-state index contributed by atoms with van der Waals surface area (Å²) in [5, 5.41) is 13.5. The van der Waals surface area contributed by atoms with Crippen LogP contribution in [0, 0.1) is 0 Å². The minimum absolute atomic E-state index is 0.0680. The fraction of sp³-hybridized carbons (Fsp3) is 0.545. The molecular weight excluding hydrogens is 291 g/mol. The zero-order valence-corrected chi connectivity index (χ0v) is 11.8. The van der Waals surface area contributed by atoms with Gasteiger partial charge in [0, 0.05) is 11.8 Å². The van der Waals surface area contributed by atoms with E-state index in [0.29, 0.717) is 10.3 Å². The van der Waals surface area contributed by atoms with Gasteiger partial charge in [-0.3, -0.25) is 0 Å². The van der Waals surface area contributed by atoms with E-state index in [0.717, 1.165) is 11.5 Å². The van der Waals surface area contributed by atoms with Gasteiger partial charge in [-0.25, -0.2) is 0 Å². The number of hydrogen-bond acceptors (Lipinski definition) is 5. The van der Waals surface area contributed by atoms with Crippen molar-refractivity contribution >= 4 is 23.2 Å². The van der Waals surface area contributed by atoms with E-state index in [1.807, 2.05) is 6.92 Å². The van der Waals surface area contributed by atoms with Crippen LogP contribution in [0.1, 0.15) is 19.7 Å². The van der Waals surface area contributed by atoms with E-state index in [2.05, 4.69) is 27.5 Å². The van der Waals surface area contributed by atoms with E-state index in [-0.39, 0.29) is 11.7 Å². The number of nitrogens with one attached hydrogen (secondary N) is 1. The van der Waals surface area contributed by atoms with Crippen LogP contribution >= 0.6 is 11.8 Å². The number of nitrogens with zero attached hydrogens (tertiary/aromatic N) is 4. The summed E-state index contributed by atoms with van der Waals surface area (Å²) in [5.74, 6) is 1.09. The molecule has 2 rings (SSSR count). The first-order valence-electron chi connectivity index (χ1n) is 6.05. The molecule has 0 radical (unpaired) electrons. The Bertz CT molecular complexity index is 583. The van der Waals surface area contributed by atoms with Crippen molar-refractivity contribution < 1.29 is 13.2 Å². The molecular formula is C11H14F3N5S. The largest absolute Gasteiger partial charge is 0.453 e. The number of fused-ring (bicyclic) bond motifs is 1. The lowest BCUT2D eigenvalue weighted by atomic mass is 10.4. The molecule has 0 aliphatic carbocycles. The molecule has 20 heavy (non-hydrogen) atoms. The average molecular weight is 305 g/mol. The number of alkyl halides is 3. The molecule has 0 amide bonds. The molecule has 2 aromatic rings. The summed E-state index contributed by atoms with van der Waals surface area (Å²) in [6.45, 7) is 4.00. The fourth-order valence-electron chi connectivity index (χ4n) is 1.63. The molecule has 0 spiro atoms. The molecule has 0 aliphatic heterocycles. The third-order valence-corrected chi connectivity index (χ3v) is 3.63. The van der Waals surface area contributed by atoms with Crippen LogP contribution in [-0.2, 0) is 6.18 Å². The van der Waals surface area contributed by atoms with E-state index < -0.39 is 12.0 Å². The van der Waals surface area contributed by atoms with E-state index in [4.69, 9.17) is 0 Å². The summed E-state index contributed by atoms with van der Waals surface area (Å²) in [6, 6.07) is 3.16. The number of anilines is 1. The number of rotatable bonds is 5. The average Bonchev–Trinajstić information content (AvgIpc) is 2.79. The van der Waals surface area contributed by atoms with Crippen LogP contribution in [0.15, 0.2) is 12.1 Å². The minimum Gasteiger partial charge on any atom is -0.365 e. The molecule has 2 aromatic heterocycles. The van der Waals surface area contributed by atoms with Crippen LogP contribution < -0.4 is 5.32 Å². The van der Waals surface area contributed by atoms with E-state index in [9.17, 15) is 13.2 Å². The molecule has 9 heteroatoms. The molecule has 0 saturated heterocycles. The highest BCUT2D eigenvalue weighted by atomic mass is 32.2. The zero-order chi connectivity index (χ0) is 14.8. The van der Waals surface area contributed by atoms with Crippen LogP contribution in [0.2, 0.25) is 0 Å². The van der Waals surface area contributed by atoms with Gasteiger partial charge in [0.05, 0.1) is 0 Å². The zero-order valence-electron chi connectivity index (χ0n) is 11.0. The third kappa shape index (κ3) is 3.33. The van der Waals surface area contributed by atoms with Crippen LogP contribution in [0.5, 0.6) is 0 Å². The number of hydrogen-bond donors (Lipinski definition) is 1. The van der Waals surface area contributed by atoms with Crippen molar-refractivity contribution in [3.63, 3.8) is 0 Å². The van der Waals surface area contributed by atoms with Crippen molar-refractivity contribution in [3.8, 4) is 0 Å². The Hall–Kier alpha value is -1.51. The standard InChI is InChI=1S/C11H14F3N5S/c1-3-20-6-7(2)15-8-4-5-9-16-17-10(11(12,13)14)19(9)18-8/h4-5,7H,3,6H2,1-2H3,(H,15,18). The van der Waals surface area contributed by atoms with Gasteiger partial charge in [0.25, 0.3) is 5.82 Å². The first kappa shape index (κ1) is 14.9. The smallest absolute Gasteiger partial charge is 0.365 e. The second-order valence-corrected chi connectivity index (χ2v) is 5.53. The summed E-state index contributed by atoms with van der Waals surface area (Å²) < 4.78 is 38.9. The molecule has 0 aromatic carbocycles. The summed E-state index contributed by atoms with van der Waals surface area (Å²) in [4.78, 5) is 0. The highest BCUT2D eigenvalue weighted by Crippen LogP contribution is 2.27. The van der Waals surface area contributed by atoms with Crippen LogP contribution in [0.4, 0.5) is 19.0 Å². The van der Waals surface area contributed by atoms with Gasteiger partial charge < -0.3 is 5.32 Å². The number of thioether (sulfide) groups is 1. The van der Waals surface area contributed by atoms with Gasteiger partial charge in [-0.2, -0.15) is 29.4 Å². The Morgan fingerprint density at radius 1 is 1.35 bits per heavy atom. The van der Waals surface area contributed by atoms with Crippen LogP contribution in [-0.4, -0.2) is 37.4 Å². The monoisotopic (exact) mass is 305 g/mol. The maximum absolute atomic E-state index is 12.7. The van der Waals surface area contributed by atoms with Gasteiger partial charge in [-0.15, -0.1) is 15.3 Å².